The molecule has 2 aromatic carbocycles. The van der Waals surface area contributed by atoms with E-state index in [2.05, 4.69) is 4.72 Å². The Morgan fingerprint density at radius 3 is 2.40 bits per heavy atom. The van der Waals surface area contributed by atoms with Crippen LogP contribution in [-0.4, -0.2) is 52.5 Å². The molecule has 0 bridgehead atoms. The van der Waals surface area contributed by atoms with Gasteiger partial charge in [0.05, 0.1) is 10.6 Å². The maximum Gasteiger partial charge on any atom is 0.243 e. The van der Waals surface area contributed by atoms with E-state index in [0.29, 0.717) is 19.4 Å². The molecule has 7 nitrogen and oxygen atoms in total. The molecule has 1 aliphatic heterocycles. The van der Waals surface area contributed by atoms with Crippen LogP contribution >= 0.6 is 0 Å². The second-order valence-corrected chi connectivity index (χ2v) is 10.8. The second kappa shape index (κ2) is 9.23. The van der Waals surface area contributed by atoms with Gasteiger partial charge >= 0.3 is 0 Å². The van der Waals surface area contributed by atoms with Gasteiger partial charge in [-0.25, -0.2) is 25.9 Å². The summed E-state index contributed by atoms with van der Waals surface area (Å²) in [6.45, 7) is 0.220. The Kier molecular flexibility index (Phi) is 6.89. The summed E-state index contributed by atoms with van der Waals surface area (Å²) < 4.78 is 65.6. The summed E-state index contributed by atoms with van der Waals surface area (Å²) in [4.78, 5) is 13.8. The number of sulfone groups is 1. The van der Waals surface area contributed by atoms with Crippen LogP contribution in [0, 0.1) is 5.82 Å². The Morgan fingerprint density at radius 2 is 1.70 bits per heavy atom. The van der Waals surface area contributed by atoms with Crippen LogP contribution in [0.4, 0.5) is 4.39 Å². The monoisotopic (exact) mass is 454 g/mol. The highest BCUT2D eigenvalue weighted by molar-refractivity contribution is 7.91. The van der Waals surface area contributed by atoms with E-state index in [9.17, 15) is 26.0 Å². The van der Waals surface area contributed by atoms with Gasteiger partial charge in [-0.3, -0.25) is 4.79 Å². The fraction of sp³-hybridized carbons (Fsp3) is 0.350. The molecule has 0 radical (unpaired) electrons. The summed E-state index contributed by atoms with van der Waals surface area (Å²) >= 11 is 0. The van der Waals surface area contributed by atoms with Crippen LogP contribution in [0.15, 0.2) is 64.4 Å². The molecule has 1 heterocycles. The maximum absolute atomic E-state index is 13.7. The number of rotatable bonds is 8. The van der Waals surface area contributed by atoms with Gasteiger partial charge in [-0.2, -0.15) is 0 Å². The van der Waals surface area contributed by atoms with Crippen LogP contribution in [0.2, 0.25) is 0 Å². The molecule has 0 aliphatic carbocycles. The molecule has 1 unspecified atom stereocenters. The van der Waals surface area contributed by atoms with Crippen molar-refractivity contribution in [1.82, 2.24) is 9.62 Å². The van der Waals surface area contributed by atoms with Crippen molar-refractivity contribution in [2.45, 2.75) is 35.1 Å². The van der Waals surface area contributed by atoms with Crippen molar-refractivity contribution in [1.29, 1.82) is 0 Å². The summed E-state index contributed by atoms with van der Waals surface area (Å²) in [5, 5.41) is 0. The van der Waals surface area contributed by atoms with Gasteiger partial charge in [0.15, 0.2) is 9.84 Å². The SMILES string of the molecule is O=C(CCNS(=O)(=O)c1ccccc1F)N1CCCC1CS(=O)(=O)c1ccccc1. The number of halogens is 1. The fourth-order valence-corrected chi connectivity index (χ4v) is 6.22. The molecule has 10 heteroatoms. The molecule has 162 valence electrons. The molecule has 1 amide bonds. The highest BCUT2D eigenvalue weighted by Gasteiger charge is 2.33. The van der Waals surface area contributed by atoms with Gasteiger partial charge in [0.2, 0.25) is 15.9 Å². The predicted octanol–water partition coefficient (Wildman–Crippen LogP) is 1.96. The van der Waals surface area contributed by atoms with Gasteiger partial charge in [0.1, 0.15) is 10.7 Å². The number of amides is 1. The molecular weight excluding hydrogens is 431 g/mol. The number of hydrogen-bond donors (Lipinski definition) is 1. The predicted molar refractivity (Wildman–Crippen MR) is 109 cm³/mol. The number of nitrogens with zero attached hydrogens (tertiary/aromatic N) is 1. The van der Waals surface area contributed by atoms with Crippen molar-refractivity contribution >= 4 is 25.8 Å². The average molecular weight is 455 g/mol. The van der Waals surface area contributed by atoms with Crippen molar-refractivity contribution < 1.29 is 26.0 Å². The smallest absolute Gasteiger partial charge is 0.243 e. The van der Waals surface area contributed by atoms with Crippen LogP contribution in [0.5, 0.6) is 0 Å². The van der Waals surface area contributed by atoms with E-state index in [1.165, 1.54) is 29.2 Å². The molecular formula is C20H23FN2O5S2. The Morgan fingerprint density at radius 1 is 1.03 bits per heavy atom. The third kappa shape index (κ3) is 5.24. The summed E-state index contributed by atoms with van der Waals surface area (Å²) in [5.74, 6) is -1.39. The van der Waals surface area contributed by atoms with E-state index < -0.39 is 36.6 Å². The number of likely N-dealkylation sites (tertiary alicyclic amines) is 1. The lowest BCUT2D eigenvalue weighted by atomic mass is 10.2. The van der Waals surface area contributed by atoms with Crippen molar-refractivity contribution in [2.24, 2.45) is 0 Å². The van der Waals surface area contributed by atoms with Crippen molar-refractivity contribution in [2.75, 3.05) is 18.8 Å². The first-order chi connectivity index (χ1) is 14.2. The van der Waals surface area contributed by atoms with Crippen LogP contribution in [0.1, 0.15) is 19.3 Å². The highest BCUT2D eigenvalue weighted by Crippen LogP contribution is 2.23. The van der Waals surface area contributed by atoms with Gasteiger partial charge in [-0.05, 0) is 37.1 Å². The summed E-state index contributed by atoms with van der Waals surface area (Å²) in [6, 6.07) is 12.6. The quantitative estimate of drug-likeness (QED) is 0.657. The van der Waals surface area contributed by atoms with Crippen molar-refractivity contribution in [3.05, 3.63) is 60.4 Å². The van der Waals surface area contributed by atoms with Gasteiger partial charge in [-0.15, -0.1) is 0 Å². The Hall–Kier alpha value is -2.30. The number of hydrogen-bond acceptors (Lipinski definition) is 5. The number of sulfonamides is 1. The van der Waals surface area contributed by atoms with Gasteiger partial charge < -0.3 is 4.90 Å². The van der Waals surface area contributed by atoms with E-state index in [4.69, 9.17) is 0 Å². The minimum Gasteiger partial charge on any atom is -0.339 e. The largest absolute Gasteiger partial charge is 0.339 e. The summed E-state index contributed by atoms with van der Waals surface area (Å²) in [6.07, 6.45) is 1.11. The van der Waals surface area contributed by atoms with E-state index >= 15 is 0 Å². The molecule has 1 N–H and O–H groups in total. The molecule has 30 heavy (non-hydrogen) atoms. The van der Waals surface area contributed by atoms with E-state index in [1.54, 1.807) is 18.2 Å². The molecule has 0 spiro atoms. The zero-order chi connectivity index (χ0) is 21.8. The summed E-state index contributed by atoms with van der Waals surface area (Å²) in [7, 11) is -7.62. The van der Waals surface area contributed by atoms with Crippen LogP contribution in [0.3, 0.4) is 0 Å². The lowest BCUT2D eigenvalue weighted by Crippen LogP contribution is -2.41. The molecule has 1 aliphatic rings. The first-order valence-corrected chi connectivity index (χ1v) is 12.7. The highest BCUT2D eigenvalue weighted by atomic mass is 32.2. The minimum atomic E-state index is -4.08. The van der Waals surface area contributed by atoms with Gasteiger partial charge in [0, 0.05) is 25.6 Å². The molecule has 1 fully saturated rings. The fourth-order valence-electron chi connectivity index (χ4n) is 3.49. The topological polar surface area (TPSA) is 101 Å². The first kappa shape index (κ1) is 22.4. The summed E-state index contributed by atoms with van der Waals surface area (Å²) in [5.41, 5.74) is 0. The Labute approximate surface area is 175 Å². The molecule has 1 atom stereocenters. The number of carbonyl (C=O) groups excluding carboxylic acids is 1. The second-order valence-electron chi connectivity index (χ2n) is 7.06. The van der Waals surface area contributed by atoms with E-state index in [1.807, 2.05) is 0 Å². The maximum atomic E-state index is 13.7. The Balaban J connectivity index is 1.59. The third-order valence-electron chi connectivity index (χ3n) is 4.97. The lowest BCUT2D eigenvalue weighted by Gasteiger charge is -2.24. The normalized spacial score (nSPS) is 17.2. The van der Waals surface area contributed by atoms with Crippen molar-refractivity contribution in [3.8, 4) is 0 Å². The molecule has 0 aromatic heterocycles. The first-order valence-electron chi connectivity index (χ1n) is 9.52. The van der Waals surface area contributed by atoms with Gasteiger partial charge in [-0.1, -0.05) is 30.3 Å². The van der Waals surface area contributed by atoms with Crippen LogP contribution in [0.25, 0.3) is 0 Å². The zero-order valence-corrected chi connectivity index (χ0v) is 17.8. The Bertz CT molecular complexity index is 1110. The molecule has 3 rings (SSSR count). The van der Waals surface area contributed by atoms with E-state index in [0.717, 1.165) is 12.1 Å². The molecule has 2 aromatic rings. The van der Waals surface area contributed by atoms with Gasteiger partial charge in [0.25, 0.3) is 0 Å². The lowest BCUT2D eigenvalue weighted by molar-refractivity contribution is -0.131. The van der Waals surface area contributed by atoms with Crippen LogP contribution < -0.4 is 4.72 Å². The van der Waals surface area contributed by atoms with Crippen molar-refractivity contribution in [3.63, 3.8) is 0 Å². The molecule has 0 saturated carbocycles. The number of benzene rings is 2. The molecule has 1 saturated heterocycles. The average Bonchev–Trinajstić information content (AvgIpc) is 3.16. The number of carbonyl (C=O) groups is 1. The van der Waals surface area contributed by atoms with E-state index in [-0.39, 0.29) is 29.5 Å². The number of nitrogens with one attached hydrogen (secondary N) is 1. The zero-order valence-electron chi connectivity index (χ0n) is 16.2. The third-order valence-corrected chi connectivity index (χ3v) is 8.28. The minimum absolute atomic E-state index is 0.143. The standard InChI is InChI=1S/C20H23FN2O5S2/c21-18-10-4-5-11-19(18)30(27,28)22-13-12-20(24)23-14-6-7-16(23)15-29(25,26)17-8-2-1-3-9-17/h1-5,8-11,16,22H,6-7,12-15H2. The van der Waals surface area contributed by atoms with Crippen LogP contribution in [-0.2, 0) is 24.7 Å².